The van der Waals surface area contributed by atoms with Crippen LogP contribution in [0, 0.1) is 6.92 Å². The summed E-state index contributed by atoms with van der Waals surface area (Å²) in [6.07, 6.45) is 3.03. The second kappa shape index (κ2) is 8.17. The van der Waals surface area contributed by atoms with Crippen LogP contribution in [0.5, 0.6) is 0 Å². The summed E-state index contributed by atoms with van der Waals surface area (Å²) in [5, 5.41) is 4.48. The van der Waals surface area contributed by atoms with Gasteiger partial charge in [-0.3, -0.25) is 4.90 Å². The summed E-state index contributed by atoms with van der Waals surface area (Å²) in [5.74, 6) is 0. The van der Waals surface area contributed by atoms with Crippen LogP contribution in [0.3, 0.4) is 0 Å². The molecule has 1 aliphatic heterocycles. The first-order valence-corrected chi connectivity index (χ1v) is 9.85. The van der Waals surface area contributed by atoms with E-state index in [9.17, 15) is 4.79 Å². The van der Waals surface area contributed by atoms with Crippen LogP contribution in [0.1, 0.15) is 11.1 Å². The van der Waals surface area contributed by atoms with Crippen LogP contribution in [0.2, 0.25) is 5.02 Å². The maximum Gasteiger partial charge on any atom is 0.344 e. The number of carbonyl (C=O) groups is 1. The van der Waals surface area contributed by atoms with Crippen molar-refractivity contribution in [1.29, 1.82) is 0 Å². The molecule has 0 atom stereocenters. The molecule has 0 unspecified atom stereocenters. The number of aryl methyl sites for hydroxylation is 1. The van der Waals surface area contributed by atoms with Crippen LogP contribution in [-0.4, -0.2) is 51.8 Å². The van der Waals surface area contributed by atoms with Gasteiger partial charge >= 0.3 is 6.03 Å². The number of piperazine rings is 1. The van der Waals surface area contributed by atoms with E-state index < -0.39 is 0 Å². The predicted octanol–water partition coefficient (Wildman–Crippen LogP) is 4.30. The Balaban J connectivity index is 1.36. The molecule has 2 aromatic carbocycles. The molecule has 6 heteroatoms. The Bertz CT molecular complexity index is 962. The Morgan fingerprint density at radius 2 is 1.79 bits per heavy atom. The van der Waals surface area contributed by atoms with Crippen molar-refractivity contribution in [3.63, 3.8) is 0 Å². The molecule has 144 valence electrons. The van der Waals surface area contributed by atoms with Gasteiger partial charge in [0.25, 0.3) is 0 Å². The second-order valence-corrected chi connectivity index (χ2v) is 7.59. The van der Waals surface area contributed by atoms with Crippen molar-refractivity contribution < 1.29 is 4.79 Å². The maximum atomic E-state index is 12.5. The van der Waals surface area contributed by atoms with Crippen LogP contribution in [0.25, 0.3) is 11.1 Å². The summed E-state index contributed by atoms with van der Waals surface area (Å²) in [5.41, 5.74) is 5.11. The Labute approximate surface area is 170 Å². The first kappa shape index (κ1) is 18.7. The topological polar surface area (TPSA) is 41.4 Å². The van der Waals surface area contributed by atoms with Crippen molar-refractivity contribution >= 4 is 17.6 Å². The first-order valence-electron chi connectivity index (χ1n) is 9.47. The number of rotatable bonds is 3. The molecule has 3 aromatic rings. The number of carbonyl (C=O) groups excluding carboxylic acids is 1. The number of amides is 1. The highest BCUT2D eigenvalue weighted by molar-refractivity contribution is 6.30. The largest absolute Gasteiger partial charge is 0.344 e. The molecule has 1 fully saturated rings. The quantitative estimate of drug-likeness (QED) is 0.665. The van der Waals surface area contributed by atoms with E-state index in [0.717, 1.165) is 19.6 Å². The molecule has 0 saturated carbocycles. The van der Waals surface area contributed by atoms with Gasteiger partial charge in [0.2, 0.25) is 0 Å². The Morgan fingerprint density at radius 1 is 1.04 bits per heavy atom. The lowest BCUT2D eigenvalue weighted by molar-refractivity contribution is 0.134. The van der Waals surface area contributed by atoms with Gasteiger partial charge in [-0.1, -0.05) is 60.1 Å². The van der Waals surface area contributed by atoms with Gasteiger partial charge in [0.05, 0.1) is 17.4 Å². The van der Waals surface area contributed by atoms with Gasteiger partial charge in [0.15, 0.2) is 0 Å². The predicted molar refractivity (Wildman–Crippen MR) is 111 cm³/mol. The van der Waals surface area contributed by atoms with Crippen LogP contribution in [-0.2, 0) is 6.54 Å². The lowest BCUT2D eigenvalue weighted by atomic mass is 9.99. The van der Waals surface area contributed by atoms with Gasteiger partial charge in [0.1, 0.15) is 0 Å². The third-order valence-electron chi connectivity index (χ3n) is 5.23. The number of benzene rings is 2. The van der Waals surface area contributed by atoms with Crippen molar-refractivity contribution in [2.75, 3.05) is 26.2 Å². The number of nitrogens with zero attached hydrogens (tertiary/aromatic N) is 4. The molecule has 2 heterocycles. The fourth-order valence-electron chi connectivity index (χ4n) is 3.57. The van der Waals surface area contributed by atoms with E-state index in [0.29, 0.717) is 18.1 Å². The zero-order valence-electron chi connectivity index (χ0n) is 15.9. The maximum absolute atomic E-state index is 12.5. The molecule has 28 heavy (non-hydrogen) atoms. The van der Waals surface area contributed by atoms with Crippen molar-refractivity contribution in [2.45, 2.75) is 13.5 Å². The second-order valence-electron chi connectivity index (χ2n) is 7.16. The van der Waals surface area contributed by atoms with Crippen molar-refractivity contribution in [2.24, 2.45) is 0 Å². The van der Waals surface area contributed by atoms with E-state index in [4.69, 9.17) is 11.6 Å². The van der Waals surface area contributed by atoms with Gasteiger partial charge in [-0.05, 0) is 29.2 Å². The molecule has 1 aromatic heterocycles. The number of hydrogen-bond donors (Lipinski definition) is 0. The van der Waals surface area contributed by atoms with Crippen LogP contribution >= 0.6 is 11.6 Å². The normalized spacial score (nSPS) is 15.0. The summed E-state index contributed by atoms with van der Waals surface area (Å²) in [6, 6.07) is 17.0. The van der Waals surface area contributed by atoms with Crippen molar-refractivity contribution in [1.82, 2.24) is 19.6 Å². The lowest BCUT2D eigenvalue weighted by Gasteiger charge is -2.34. The highest BCUT2D eigenvalue weighted by Gasteiger charge is 2.23. The molecular formula is C22H23ClN4O. The summed E-state index contributed by atoms with van der Waals surface area (Å²) in [7, 11) is 0. The molecule has 1 aliphatic rings. The zero-order chi connectivity index (χ0) is 19.5. The average molecular weight is 395 g/mol. The van der Waals surface area contributed by atoms with E-state index in [1.807, 2.05) is 11.0 Å². The molecule has 1 saturated heterocycles. The van der Waals surface area contributed by atoms with Crippen LogP contribution in [0.4, 0.5) is 4.79 Å². The summed E-state index contributed by atoms with van der Waals surface area (Å²) in [4.78, 5) is 16.7. The molecule has 5 nitrogen and oxygen atoms in total. The Hall–Kier alpha value is -2.63. The molecule has 0 spiro atoms. The molecule has 0 bridgehead atoms. The fourth-order valence-corrected chi connectivity index (χ4v) is 3.71. The van der Waals surface area contributed by atoms with E-state index >= 15 is 0 Å². The van der Waals surface area contributed by atoms with Crippen molar-refractivity contribution in [3.8, 4) is 11.1 Å². The molecule has 4 rings (SSSR count). The highest BCUT2D eigenvalue weighted by atomic mass is 35.5. The first-order chi connectivity index (χ1) is 13.6. The lowest BCUT2D eigenvalue weighted by Crippen LogP contribution is -2.49. The molecule has 0 aliphatic carbocycles. The Kier molecular flexibility index (Phi) is 5.46. The van der Waals surface area contributed by atoms with Crippen LogP contribution < -0.4 is 0 Å². The van der Waals surface area contributed by atoms with Crippen molar-refractivity contribution in [3.05, 3.63) is 77.1 Å². The van der Waals surface area contributed by atoms with Gasteiger partial charge in [-0.15, -0.1) is 0 Å². The third kappa shape index (κ3) is 4.11. The zero-order valence-corrected chi connectivity index (χ0v) is 16.6. The molecular weight excluding hydrogens is 372 g/mol. The highest BCUT2D eigenvalue weighted by Crippen LogP contribution is 2.23. The minimum Gasteiger partial charge on any atom is -0.320 e. The molecule has 0 N–H and O–H groups in total. The SMILES string of the molecule is Cc1cc(-c2ccccc2)ccc1CN1CCN(C(=O)n2cc(Cl)cn2)CC1. The minimum atomic E-state index is -0.116. The van der Waals surface area contributed by atoms with E-state index in [2.05, 4.69) is 59.4 Å². The minimum absolute atomic E-state index is 0.116. The smallest absolute Gasteiger partial charge is 0.320 e. The summed E-state index contributed by atoms with van der Waals surface area (Å²) < 4.78 is 1.31. The number of halogens is 1. The molecule has 1 amide bonds. The van der Waals surface area contributed by atoms with Gasteiger partial charge in [0, 0.05) is 32.7 Å². The van der Waals surface area contributed by atoms with E-state index in [-0.39, 0.29) is 6.03 Å². The van der Waals surface area contributed by atoms with Gasteiger partial charge in [-0.2, -0.15) is 9.78 Å². The van der Waals surface area contributed by atoms with Gasteiger partial charge in [-0.25, -0.2) is 4.79 Å². The van der Waals surface area contributed by atoms with Gasteiger partial charge < -0.3 is 4.90 Å². The van der Waals surface area contributed by atoms with Crippen LogP contribution in [0.15, 0.2) is 60.9 Å². The molecule has 0 radical (unpaired) electrons. The fraction of sp³-hybridized carbons (Fsp3) is 0.273. The number of hydrogen-bond acceptors (Lipinski definition) is 3. The summed E-state index contributed by atoms with van der Waals surface area (Å²) in [6.45, 7) is 6.15. The monoisotopic (exact) mass is 394 g/mol. The van der Waals surface area contributed by atoms with E-state index in [1.54, 1.807) is 6.20 Å². The Morgan fingerprint density at radius 3 is 2.43 bits per heavy atom. The average Bonchev–Trinajstić information content (AvgIpc) is 3.16. The number of aromatic nitrogens is 2. The van der Waals surface area contributed by atoms with E-state index in [1.165, 1.54) is 33.1 Å². The standard InChI is InChI=1S/C22H23ClN4O/c1-17-13-19(18-5-3-2-4-6-18)7-8-20(17)15-25-9-11-26(12-10-25)22(28)27-16-21(23)14-24-27/h2-8,13-14,16H,9-12,15H2,1H3. The third-order valence-corrected chi connectivity index (χ3v) is 5.43. The summed E-state index contributed by atoms with van der Waals surface area (Å²) >= 11 is 5.86.